The monoisotopic (exact) mass is 452 g/mol. The maximum absolute atomic E-state index is 11.2. The molecular weight excluding hydrogens is 424 g/mol. The number of nitrogens with one attached hydrogen (secondary N) is 2. The second kappa shape index (κ2) is 11.5. The molecular formula is C20H28N4O4S2. The Balaban J connectivity index is 0.000000171. The zero-order chi connectivity index (χ0) is 21.3. The first-order chi connectivity index (χ1) is 14.6. The van der Waals surface area contributed by atoms with Crippen LogP contribution in [0.5, 0.6) is 0 Å². The first kappa shape index (κ1) is 22.8. The van der Waals surface area contributed by atoms with E-state index in [1.54, 1.807) is 12.4 Å². The van der Waals surface area contributed by atoms with Crippen molar-refractivity contribution in [2.24, 2.45) is 0 Å². The van der Waals surface area contributed by atoms with Gasteiger partial charge in [-0.2, -0.15) is 0 Å². The average molecular weight is 453 g/mol. The van der Waals surface area contributed by atoms with Crippen LogP contribution in [0.4, 0.5) is 0 Å². The molecule has 2 aliphatic heterocycles. The van der Waals surface area contributed by atoms with E-state index in [0.717, 1.165) is 61.9 Å². The molecule has 0 aliphatic carbocycles. The van der Waals surface area contributed by atoms with Crippen LogP contribution in [-0.2, 0) is 9.47 Å². The molecule has 0 aromatic carbocycles. The summed E-state index contributed by atoms with van der Waals surface area (Å²) < 4.78 is 9.31. The number of hydrogen-bond donors (Lipinski definition) is 2. The Morgan fingerprint density at radius 1 is 0.800 bits per heavy atom. The third-order valence-corrected chi connectivity index (χ3v) is 7.48. The lowest BCUT2D eigenvalue weighted by molar-refractivity contribution is 0.0597. The topological polar surface area (TPSA) is 102 Å². The summed E-state index contributed by atoms with van der Waals surface area (Å²) in [4.78, 5) is 32.3. The number of rotatable bonds is 4. The summed E-state index contributed by atoms with van der Waals surface area (Å²) in [5.41, 5.74) is 0. The number of ether oxygens (including phenoxy) is 2. The van der Waals surface area contributed by atoms with Crippen LogP contribution in [0.15, 0.2) is 12.4 Å². The Kier molecular flexibility index (Phi) is 8.74. The average Bonchev–Trinajstić information content (AvgIpc) is 3.50. The SMILES string of the molecule is COC(=O)c1cnc(C2CCNCC2)s1.COC(=O)c1cnc(C2CCNCC2)s1. The van der Waals surface area contributed by atoms with Gasteiger partial charge in [0.2, 0.25) is 0 Å². The molecule has 4 heterocycles. The second-order valence-corrected chi connectivity index (χ2v) is 9.28. The molecule has 10 heteroatoms. The Morgan fingerprint density at radius 3 is 1.50 bits per heavy atom. The number of aromatic nitrogens is 2. The van der Waals surface area contributed by atoms with Gasteiger partial charge in [0.1, 0.15) is 9.75 Å². The van der Waals surface area contributed by atoms with Crippen LogP contribution in [0.25, 0.3) is 0 Å². The van der Waals surface area contributed by atoms with Gasteiger partial charge in [-0.3, -0.25) is 0 Å². The zero-order valence-electron chi connectivity index (χ0n) is 17.3. The quantitative estimate of drug-likeness (QED) is 0.683. The standard InChI is InChI=1S/2C10H14N2O2S/c2*1-14-10(13)8-6-12-9(15-8)7-2-4-11-5-3-7/h2*6-7,11H,2-5H2,1H3. The fourth-order valence-electron chi connectivity index (χ4n) is 3.48. The molecule has 4 rings (SSSR count). The van der Waals surface area contributed by atoms with Gasteiger partial charge in [-0.1, -0.05) is 0 Å². The molecule has 0 saturated carbocycles. The number of methoxy groups -OCH3 is 2. The van der Waals surface area contributed by atoms with Crippen molar-refractivity contribution in [2.75, 3.05) is 40.4 Å². The summed E-state index contributed by atoms with van der Waals surface area (Å²) in [5.74, 6) is 0.449. The number of esters is 2. The number of piperidine rings is 2. The molecule has 0 unspecified atom stereocenters. The van der Waals surface area contributed by atoms with Gasteiger partial charge in [-0.15, -0.1) is 22.7 Å². The molecule has 0 bridgehead atoms. The lowest BCUT2D eigenvalue weighted by atomic mass is 9.99. The molecule has 2 aromatic rings. The van der Waals surface area contributed by atoms with Crippen LogP contribution in [-0.4, -0.2) is 62.3 Å². The molecule has 2 N–H and O–H groups in total. The third-order valence-electron chi connectivity index (χ3n) is 5.20. The first-order valence-corrected chi connectivity index (χ1v) is 11.7. The molecule has 2 saturated heterocycles. The van der Waals surface area contributed by atoms with E-state index in [4.69, 9.17) is 0 Å². The summed E-state index contributed by atoms with van der Waals surface area (Å²) in [6.45, 7) is 4.16. The van der Waals surface area contributed by atoms with Crippen LogP contribution in [0.3, 0.4) is 0 Å². The van der Waals surface area contributed by atoms with Crippen LogP contribution in [0, 0.1) is 0 Å². The van der Waals surface area contributed by atoms with E-state index in [1.165, 1.54) is 36.9 Å². The van der Waals surface area contributed by atoms with E-state index in [9.17, 15) is 9.59 Å². The highest BCUT2D eigenvalue weighted by atomic mass is 32.1. The minimum atomic E-state index is -0.285. The first-order valence-electron chi connectivity index (χ1n) is 10.1. The number of nitrogens with zero attached hydrogens (tertiary/aromatic N) is 2. The predicted molar refractivity (Wildman–Crippen MR) is 117 cm³/mol. The van der Waals surface area contributed by atoms with Gasteiger partial charge >= 0.3 is 11.9 Å². The maximum Gasteiger partial charge on any atom is 0.349 e. The molecule has 0 amide bonds. The Morgan fingerprint density at radius 2 is 1.17 bits per heavy atom. The van der Waals surface area contributed by atoms with E-state index in [-0.39, 0.29) is 11.9 Å². The molecule has 0 spiro atoms. The minimum absolute atomic E-state index is 0.285. The van der Waals surface area contributed by atoms with Crippen molar-refractivity contribution in [2.45, 2.75) is 37.5 Å². The van der Waals surface area contributed by atoms with Gasteiger partial charge in [0, 0.05) is 11.8 Å². The molecule has 0 atom stereocenters. The van der Waals surface area contributed by atoms with Gasteiger partial charge in [0.05, 0.1) is 36.6 Å². The van der Waals surface area contributed by atoms with Gasteiger partial charge in [-0.25, -0.2) is 19.6 Å². The van der Waals surface area contributed by atoms with Crippen LogP contribution >= 0.6 is 22.7 Å². The van der Waals surface area contributed by atoms with E-state index in [0.29, 0.717) is 21.6 Å². The van der Waals surface area contributed by atoms with Crippen LogP contribution in [0.1, 0.15) is 66.9 Å². The van der Waals surface area contributed by atoms with E-state index in [2.05, 4.69) is 30.1 Å². The molecule has 2 aliphatic rings. The summed E-state index contributed by atoms with van der Waals surface area (Å²) in [7, 11) is 2.79. The molecule has 0 radical (unpaired) electrons. The highest BCUT2D eigenvalue weighted by molar-refractivity contribution is 7.14. The number of thiazole rings is 2. The minimum Gasteiger partial charge on any atom is -0.465 e. The van der Waals surface area contributed by atoms with Gasteiger partial charge < -0.3 is 20.1 Å². The third kappa shape index (κ3) is 6.07. The largest absolute Gasteiger partial charge is 0.465 e. The molecule has 8 nitrogen and oxygen atoms in total. The lowest BCUT2D eigenvalue weighted by Crippen LogP contribution is -2.26. The van der Waals surface area contributed by atoms with Gasteiger partial charge in [0.15, 0.2) is 0 Å². The summed E-state index contributed by atoms with van der Waals surface area (Å²) in [5, 5.41) is 8.75. The van der Waals surface area contributed by atoms with Crippen molar-refractivity contribution in [1.82, 2.24) is 20.6 Å². The van der Waals surface area contributed by atoms with Crippen molar-refractivity contribution in [3.8, 4) is 0 Å². The zero-order valence-corrected chi connectivity index (χ0v) is 18.9. The van der Waals surface area contributed by atoms with Crippen LogP contribution < -0.4 is 10.6 Å². The Labute approximate surface area is 184 Å². The molecule has 2 aromatic heterocycles. The fraction of sp³-hybridized carbons (Fsp3) is 0.600. The van der Waals surface area contributed by atoms with Crippen molar-refractivity contribution in [1.29, 1.82) is 0 Å². The fourth-order valence-corrected chi connectivity index (χ4v) is 5.49. The highest BCUT2D eigenvalue weighted by Crippen LogP contribution is 2.30. The smallest absolute Gasteiger partial charge is 0.349 e. The predicted octanol–water partition coefficient (Wildman–Crippen LogP) is 2.79. The number of hydrogen-bond acceptors (Lipinski definition) is 10. The van der Waals surface area contributed by atoms with Gasteiger partial charge in [0.25, 0.3) is 0 Å². The second-order valence-electron chi connectivity index (χ2n) is 7.16. The lowest BCUT2D eigenvalue weighted by Gasteiger charge is -2.20. The van der Waals surface area contributed by atoms with E-state index >= 15 is 0 Å². The van der Waals surface area contributed by atoms with Gasteiger partial charge in [-0.05, 0) is 51.9 Å². The summed E-state index contributed by atoms with van der Waals surface area (Å²) in [6, 6.07) is 0. The molecule has 30 heavy (non-hydrogen) atoms. The Bertz CT molecular complexity index is 758. The normalized spacial score (nSPS) is 17.7. The number of carbonyl (C=O) groups excluding carboxylic acids is 2. The molecule has 164 valence electrons. The van der Waals surface area contributed by atoms with Crippen molar-refractivity contribution in [3.63, 3.8) is 0 Å². The van der Waals surface area contributed by atoms with Crippen molar-refractivity contribution >= 4 is 34.6 Å². The summed E-state index contributed by atoms with van der Waals surface area (Å²) >= 11 is 2.92. The molecule has 2 fully saturated rings. The summed E-state index contributed by atoms with van der Waals surface area (Å²) in [6.07, 6.45) is 7.66. The number of carbonyl (C=O) groups is 2. The van der Waals surface area contributed by atoms with Crippen molar-refractivity contribution in [3.05, 3.63) is 32.2 Å². The Hall–Kier alpha value is -1.88. The highest BCUT2D eigenvalue weighted by Gasteiger charge is 2.21. The van der Waals surface area contributed by atoms with E-state index < -0.39 is 0 Å². The van der Waals surface area contributed by atoms with Crippen molar-refractivity contribution < 1.29 is 19.1 Å². The van der Waals surface area contributed by atoms with Crippen LogP contribution in [0.2, 0.25) is 0 Å². The maximum atomic E-state index is 11.2. The van der Waals surface area contributed by atoms with E-state index in [1.807, 2.05) is 0 Å².